The van der Waals surface area contributed by atoms with E-state index in [2.05, 4.69) is 5.32 Å². The number of phenols is 2. The van der Waals surface area contributed by atoms with E-state index < -0.39 is 23.0 Å². The lowest BCUT2D eigenvalue weighted by molar-refractivity contribution is -0.146. The Hall–Kier alpha value is -3.06. The Morgan fingerprint density at radius 2 is 1.69 bits per heavy atom. The average molecular weight is 483 g/mol. The maximum absolute atomic E-state index is 13.4. The van der Waals surface area contributed by atoms with Crippen molar-refractivity contribution in [3.63, 3.8) is 0 Å². The van der Waals surface area contributed by atoms with Crippen molar-refractivity contribution in [2.45, 2.75) is 83.2 Å². The van der Waals surface area contributed by atoms with Gasteiger partial charge in [0, 0.05) is 24.3 Å². The van der Waals surface area contributed by atoms with Gasteiger partial charge in [0.15, 0.2) is 0 Å². The number of benzene rings is 2. The largest absolute Gasteiger partial charge is 0.508 e. The number of carbonyl (C=O) groups excluding carboxylic acids is 1. The molecule has 0 atom stereocenters. The molecule has 1 aliphatic rings. The van der Waals surface area contributed by atoms with Gasteiger partial charge in [-0.15, -0.1) is 0 Å². The molecule has 7 heteroatoms. The minimum absolute atomic E-state index is 0.0197. The number of carboxylic acid groups (broad SMARTS) is 1. The molecule has 0 bridgehead atoms. The molecule has 1 saturated carbocycles. The van der Waals surface area contributed by atoms with Crippen molar-refractivity contribution in [3.05, 3.63) is 53.1 Å². The van der Waals surface area contributed by atoms with Crippen molar-refractivity contribution in [1.29, 1.82) is 0 Å². The van der Waals surface area contributed by atoms with Crippen molar-refractivity contribution >= 4 is 17.6 Å². The molecule has 4 N–H and O–H groups in total. The zero-order valence-corrected chi connectivity index (χ0v) is 21.4. The first-order valence-electron chi connectivity index (χ1n) is 12.5. The van der Waals surface area contributed by atoms with Gasteiger partial charge >= 0.3 is 5.97 Å². The van der Waals surface area contributed by atoms with Crippen LogP contribution in [0.1, 0.15) is 93.6 Å². The summed E-state index contributed by atoms with van der Waals surface area (Å²) in [6.45, 7) is 7.91. The fourth-order valence-corrected chi connectivity index (χ4v) is 5.27. The molecule has 2 aromatic carbocycles. The summed E-state index contributed by atoms with van der Waals surface area (Å²) in [6.07, 6.45) is 4.34. The Bertz CT molecular complexity index is 1080. The molecule has 7 nitrogen and oxygen atoms in total. The molecule has 1 aliphatic carbocycles. The molecule has 0 aliphatic heterocycles. The van der Waals surface area contributed by atoms with Crippen LogP contribution in [-0.2, 0) is 10.3 Å². The number of nitrogens with one attached hydrogen (secondary N) is 1. The second-order valence-corrected chi connectivity index (χ2v) is 10.0. The van der Waals surface area contributed by atoms with Crippen LogP contribution in [0.15, 0.2) is 36.4 Å². The minimum Gasteiger partial charge on any atom is -0.508 e. The molecule has 0 spiro atoms. The first-order chi connectivity index (χ1) is 16.5. The third kappa shape index (κ3) is 5.01. The van der Waals surface area contributed by atoms with Gasteiger partial charge in [-0.25, -0.2) is 0 Å². The van der Waals surface area contributed by atoms with E-state index >= 15 is 0 Å². The molecule has 1 fully saturated rings. The van der Waals surface area contributed by atoms with E-state index in [9.17, 15) is 24.9 Å². The number of nitrogens with zero attached hydrogens (tertiary/aromatic N) is 1. The molecule has 0 radical (unpaired) electrons. The molecule has 0 aromatic heterocycles. The van der Waals surface area contributed by atoms with Gasteiger partial charge in [-0.3, -0.25) is 14.9 Å². The van der Waals surface area contributed by atoms with Gasteiger partial charge in [0.1, 0.15) is 17.0 Å². The number of phenolic OH excluding ortho intramolecular Hbond substituents is 2. The average Bonchev–Trinajstić information content (AvgIpc) is 3.31. The molecule has 1 amide bonds. The first kappa shape index (κ1) is 26.5. The van der Waals surface area contributed by atoms with Crippen molar-refractivity contribution in [2.24, 2.45) is 0 Å². The lowest BCUT2D eigenvalue weighted by Gasteiger charge is -2.41. The predicted octanol–water partition coefficient (Wildman–Crippen LogP) is 5.50. The Labute approximate surface area is 207 Å². The van der Waals surface area contributed by atoms with Crippen LogP contribution in [0, 0.1) is 0 Å². The third-order valence-electron chi connectivity index (χ3n) is 7.64. The van der Waals surface area contributed by atoms with Gasteiger partial charge in [-0.1, -0.05) is 52.7 Å². The number of carbonyl (C=O) groups is 2. The zero-order chi connectivity index (χ0) is 26.0. The molecule has 2 aromatic rings. The van der Waals surface area contributed by atoms with E-state index in [1.54, 1.807) is 13.1 Å². The lowest BCUT2D eigenvalue weighted by atomic mass is 9.80. The van der Waals surface area contributed by atoms with Crippen molar-refractivity contribution in [3.8, 4) is 11.5 Å². The summed E-state index contributed by atoms with van der Waals surface area (Å²) in [4.78, 5) is 27.1. The molecule has 0 saturated heterocycles. The van der Waals surface area contributed by atoms with E-state index in [0.717, 1.165) is 18.4 Å². The molecule has 3 rings (SSSR count). The molecule has 35 heavy (non-hydrogen) atoms. The summed E-state index contributed by atoms with van der Waals surface area (Å²) in [5, 5.41) is 34.1. The molecule has 0 unspecified atom stereocenters. The van der Waals surface area contributed by atoms with Gasteiger partial charge in [0.2, 0.25) is 0 Å². The summed E-state index contributed by atoms with van der Waals surface area (Å²) >= 11 is 0. The lowest BCUT2D eigenvalue weighted by Crippen LogP contribution is -2.59. The summed E-state index contributed by atoms with van der Waals surface area (Å²) < 4.78 is 0. The number of hydrogen-bond acceptors (Lipinski definition) is 5. The number of hydrogen-bond donors (Lipinski definition) is 4. The van der Waals surface area contributed by atoms with Crippen LogP contribution in [0.5, 0.6) is 11.5 Å². The van der Waals surface area contributed by atoms with E-state index in [4.69, 9.17) is 0 Å². The Kier molecular flexibility index (Phi) is 7.80. The van der Waals surface area contributed by atoms with E-state index in [1.165, 1.54) is 11.0 Å². The summed E-state index contributed by atoms with van der Waals surface area (Å²) in [5.41, 5.74) is 0.748. The normalized spacial score (nSPS) is 15.4. The predicted molar refractivity (Wildman–Crippen MR) is 137 cm³/mol. The first-order valence-corrected chi connectivity index (χ1v) is 12.5. The number of aromatic hydroxyl groups is 2. The van der Waals surface area contributed by atoms with Crippen LogP contribution in [0.2, 0.25) is 0 Å². The smallest absolute Gasteiger partial charge is 0.323 e. The number of carboxylic acids is 1. The third-order valence-corrected chi connectivity index (χ3v) is 7.64. The SMILES string of the molecule is CCC(CC)(NC1(C(=O)O)CCCC1)c1cccc(N(C)C(=O)c2cc(C(C)C)c(O)cc2O)c1. The highest BCUT2D eigenvalue weighted by molar-refractivity contribution is 6.07. The van der Waals surface area contributed by atoms with Crippen LogP contribution in [0.3, 0.4) is 0 Å². The van der Waals surface area contributed by atoms with Crippen LogP contribution in [-0.4, -0.2) is 39.8 Å². The highest BCUT2D eigenvalue weighted by Gasteiger charge is 2.46. The monoisotopic (exact) mass is 482 g/mol. The quantitative estimate of drug-likeness (QED) is 0.376. The van der Waals surface area contributed by atoms with Crippen LogP contribution in [0.4, 0.5) is 5.69 Å². The number of aliphatic carboxylic acids is 1. The van der Waals surface area contributed by atoms with Gasteiger partial charge < -0.3 is 20.2 Å². The Morgan fingerprint density at radius 3 is 2.23 bits per heavy atom. The second kappa shape index (κ2) is 10.3. The van der Waals surface area contributed by atoms with Crippen molar-refractivity contribution in [2.75, 3.05) is 11.9 Å². The fraction of sp³-hybridized carbons (Fsp3) is 0.500. The number of amides is 1. The van der Waals surface area contributed by atoms with E-state index in [0.29, 0.717) is 36.9 Å². The molecular weight excluding hydrogens is 444 g/mol. The second-order valence-electron chi connectivity index (χ2n) is 10.0. The minimum atomic E-state index is -0.950. The number of anilines is 1. The van der Waals surface area contributed by atoms with Gasteiger partial charge in [0.05, 0.1) is 5.56 Å². The van der Waals surface area contributed by atoms with Gasteiger partial charge in [-0.2, -0.15) is 0 Å². The Balaban J connectivity index is 1.98. The topological polar surface area (TPSA) is 110 Å². The molecule has 0 heterocycles. The number of rotatable bonds is 9. The molecular formula is C28H38N2O5. The van der Waals surface area contributed by atoms with Crippen LogP contribution in [0.25, 0.3) is 0 Å². The Morgan fingerprint density at radius 1 is 1.06 bits per heavy atom. The fourth-order valence-electron chi connectivity index (χ4n) is 5.27. The summed E-state index contributed by atoms with van der Waals surface area (Å²) in [6, 6.07) is 10.3. The van der Waals surface area contributed by atoms with Gasteiger partial charge in [-0.05, 0) is 60.9 Å². The standard InChI is InChI=1S/C28H38N2O5/c1-6-27(7-2,29-28(26(34)35)13-8-9-14-28)19-11-10-12-20(15-19)30(5)25(33)22-16-21(18(3)4)23(31)17-24(22)32/h10-12,15-18,29,31-32H,6-9,13-14H2,1-5H3,(H,34,35). The van der Waals surface area contributed by atoms with E-state index in [1.807, 2.05) is 52.0 Å². The zero-order valence-electron chi connectivity index (χ0n) is 21.4. The maximum Gasteiger partial charge on any atom is 0.323 e. The van der Waals surface area contributed by atoms with E-state index in [-0.39, 0.29) is 23.0 Å². The highest BCUT2D eigenvalue weighted by Crippen LogP contribution is 2.39. The highest BCUT2D eigenvalue weighted by atomic mass is 16.4. The summed E-state index contributed by atoms with van der Waals surface area (Å²) in [7, 11) is 1.64. The summed E-state index contributed by atoms with van der Waals surface area (Å²) in [5.74, 6) is -1.55. The van der Waals surface area contributed by atoms with Crippen molar-refractivity contribution in [1.82, 2.24) is 5.32 Å². The van der Waals surface area contributed by atoms with Gasteiger partial charge in [0.25, 0.3) is 5.91 Å². The van der Waals surface area contributed by atoms with Crippen molar-refractivity contribution < 1.29 is 24.9 Å². The van der Waals surface area contributed by atoms with Crippen LogP contribution >= 0.6 is 0 Å². The van der Waals surface area contributed by atoms with Crippen LogP contribution < -0.4 is 10.2 Å². The molecule has 190 valence electrons. The maximum atomic E-state index is 13.4.